The molecule has 0 unspecified atom stereocenters. The number of halogens is 1. The summed E-state index contributed by atoms with van der Waals surface area (Å²) >= 11 is 0. The Morgan fingerprint density at radius 2 is 2.19 bits per heavy atom. The van der Waals surface area contributed by atoms with Crippen molar-refractivity contribution in [2.75, 3.05) is 0 Å². The van der Waals surface area contributed by atoms with Gasteiger partial charge in [-0.3, -0.25) is 4.79 Å². The topological polar surface area (TPSA) is 37.3 Å². The van der Waals surface area contributed by atoms with E-state index in [0.717, 1.165) is 24.8 Å². The third-order valence-electron chi connectivity index (χ3n) is 3.49. The van der Waals surface area contributed by atoms with Crippen LogP contribution in [0.3, 0.4) is 0 Å². The van der Waals surface area contributed by atoms with Crippen LogP contribution in [0.25, 0.3) is 0 Å². The Hall–Kier alpha value is -1.38. The molecule has 86 valence electrons. The summed E-state index contributed by atoms with van der Waals surface area (Å²) in [5.74, 6) is -1.12. The van der Waals surface area contributed by atoms with Gasteiger partial charge in [0.1, 0.15) is 5.82 Å². The molecule has 1 aromatic carbocycles. The summed E-state index contributed by atoms with van der Waals surface area (Å²) in [5.41, 5.74) is 1.11. The average Bonchev–Trinajstić information content (AvgIpc) is 2.15. The number of carboxylic acids is 1. The van der Waals surface area contributed by atoms with Crippen molar-refractivity contribution in [1.82, 2.24) is 0 Å². The number of hydrogen-bond donors (Lipinski definition) is 1. The summed E-state index contributed by atoms with van der Waals surface area (Å²) in [6.07, 6.45) is 2.58. The third-order valence-corrected chi connectivity index (χ3v) is 3.49. The summed E-state index contributed by atoms with van der Waals surface area (Å²) < 4.78 is 13.7. The zero-order chi connectivity index (χ0) is 11.8. The fraction of sp³-hybridized carbons (Fsp3) is 0.462. The van der Waals surface area contributed by atoms with E-state index in [1.165, 1.54) is 6.07 Å². The van der Waals surface area contributed by atoms with Crippen molar-refractivity contribution in [1.29, 1.82) is 0 Å². The number of aliphatic carboxylic acids is 1. The second kappa shape index (κ2) is 3.89. The lowest BCUT2D eigenvalue weighted by molar-refractivity contribution is -0.139. The highest BCUT2D eigenvalue weighted by atomic mass is 19.1. The van der Waals surface area contributed by atoms with Gasteiger partial charge in [-0.15, -0.1) is 0 Å². The van der Waals surface area contributed by atoms with Crippen molar-refractivity contribution >= 4 is 5.97 Å². The van der Waals surface area contributed by atoms with Crippen molar-refractivity contribution in [2.45, 2.75) is 38.0 Å². The van der Waals surface area contributed by atoms with E-state index in [9.17, 15) is 9.18 Å². The molecule has 0 spiro atoms. The molecule has 0 atom stereocenters. The lowest BCUT2D eigenvalue weighted by Gasteiger charge is -2.41. The fourth-order valence-corrected chi connectivity index (χ4v) is 2.48. The van der Waals surface area contributed by atoms with Gasteiger partial charge in [-0.25, -0.2) is 4.39 Å². The first-order chi connectivity index (χ1) is 7.53. The van der Waals surface area contributed by atoms with Crippen molar-refractivity contribution in [3.63, 3.8) is 0 Å². The van der Waals surface area contributed by atoms with Crippen molar-refractivity contribution in [3.05, 3.63) is 35.1 Å². The van der Waals surface area contributed by atoms with Gasteiger partial charge in [-0.2, -0.15) is 0 Å². The van der Waals surface area contributed by atoms with Crippen LogP contribution >= 0.6 is 0 Å². The van der Waals surface area contributed by atoms with Gasteiger partial charge < -0.3 is 5.11 Å². The molecule has 0 saturated heterocycles. The minimum Gasteiger partial charge on any atom is -0.481 e. The molecule has 0 bridgehead atoms. The van der Waals surface area contributed by atoms with E-state index < -0.39 is 11.4 Å². The highest BCUT2D eigenvalue weighted by molar-refractivity contribution is 5.69. The van der Waals surface area contributed by atoms with Crippen LogP contribution in [0, 0.1) is 12.7 Å². The van der Waals surface area contributed by atoms with E-state index in [2.05, 4.69) is 0 Å². The van der Waals surface area contributed by atoms with Gasteiger partial charge in [-0.1, -0.05) is 24.1 Å². The molecular formula is C13H15FO2. The molecule has 1 N–H and O–H groups in total. The smallest absolute Gasteiger partial charge is 0.304 e. The van der Waals surface area contributed by atoms with E-state index in [1.54, 1.807) is 12.1 Å². The first kappa shape index (κ1) is 11.1. The van der Waals surface area contributed by atoms with E-state index in [4.69, 9.17) is 5.11 Å². The highest BCUT2D eigenvalue weighted by Crippen LogP contribution is 2.47. The Bertz CT molecular complexity index is 422. The summed E-state index contributed by atoms with van der Waals surface area (Å²) in [7, 11) is 0. The van der Waals surface area contributed by atoms with Crippen molar-refractivity contribution in [3.8, 4) is 0 Å². The van der Waals surface area contributed by atoms with Crippen LogP contribution in [-0.4, -0.2) is 11.1 Å². The molecule has 0 amide bonds. The number of benzene rings is 1. The van der Waals surface area contributed by atoms with Gasteiger partial charge in [0.25, 0.3) is 0 Å². The standard InChI is InChI=1S/C13H15FO2/c1-9-3-4-11(14)10(7-9)13(5-2-6-13)8-12(15)16/h3-4,7H,2,5-6,8H2,1H3,(H,15,16). The fourth-order valence-electron chi connectivity index (χ4n) is 2.48. The Morgan fingerprint density at radius 1 is 1.50 bits per heavy atom. The van der Waals surface area contributed by atoms with Crippen LogP contribution in [0.2, 0.25) is 0 Å². The SMILES string of the molecule is Cc1ccc(F)c(C2(CC(=O)O)CCC2)c1. The molecule has 1 saturated carbocycles. The molecule has 1 aromatic rings. The normalized spacial score (nSPS) is 17.9. The number of hydrogen-bond acceptors (Lipinski definition) is 1. The van der Waals surface area contributed by atoms with Gasteiger partial charge in [0.15, 0.2) is 0 Å². The van der Waals surface area contributed by atoms with Crippen molar-refractivity contribution < 1.29 is 14.3 Å². The Labute approximate surface area is 94.1 Å². The molecule has 16 heavy (non-hydrogen) atoms. The number of rotatable bonds is 3. The summed E-state index contributed by atoms with van der Waals surface area (Å²) in [5, 5.41) is 8.91. The summed E-state index contributed by atoms with van der Waals surface area (Å²) in [4.78, 5) is 10.9. The molecule has 0 aromatic heterocycles. The molecule has 3 heteroatoms. The van der Waals surface area contributed by atoms with Gasteiger partial charge in [0, 0.05) is 5.41 Å². The molecule has 0 radical (unpaired) electrons. The molecule has 0 heterocycles. The molecule has 1 fully saturated rings. The first-order valence-corrected chi connectivity index (χ1v) is 5.52. The van der Waals surface area contributed by atoms with Gasteiger partial charge in [0.05, 0.1) is 6.42 Å². The maximum atomic E-state index is 13.7. The number of carbonyl (C=O) groups is 1. The van der Waals surface area contributed by atoms with Gasteiger partial charge >= 0.3 is 5.97 Å². The quantitative estimate of drug-likeness (QED) is 0.853. The van der Waals surface area contributed by atoms with E-state index >= 15 is 0 Å². The first-order valence-electron chi connectivity index (χ1n) is 5.52. The minimum absolute atomic E-state index is 0.0351. The monoisotopic (exact) mass is 222 g/mol. The maximum absolute atomic E-state index is 13.7. The molecule has 1 aliphatic carbocycles. The largest absolute Gasteiger partial charge is 0.481 e. The van der Waals surface area contributed by atoms with Gasteiger partial charge in [0.2, 0.25) is 0 Å². The highest BCUT2D eigenvalue weighted by Gasteiger charge is 2.42. The zero-order valence-corrected chi connectivity index (χ0v) is 9.29. The van der Waals surface area contributed by atoms with Crippen LogP contribution in [0.1, 0.15) is 36.8 Å². The predicted molar refractivity (Wildman–Crippen MR) is 58.9 cm³/mol. The summed E-state index contributed by atoms with van der Waals surface area (Å²) in [6, 6.07) is 4.94. The van der Waals surface area contributed by atoms with Crippen LogP contribution in [0.15, 0.2) is 18.2 Å². The van der Waals surface area contributed by atoms with Crippen molar-refractivity contribution in [2.24, 2.45) is 0 Å². The number of aryl methyl sites for hydroxylation is 1. The van der Waals surface area contributed by atoms with Crippen LogP contribution in [-0.2, 0) is 10.2 Å². The minimum atomic E-state index is -0.847. The number of carboxylic acid groups (broad SMARTS) is 1. The Morgan fingerprint density at radius 3 is 2.69 bits per heavy atom. The molecule has 1 aliphatic rings. The van der Waals surface area contributed by atoms with E-state index in [0.29, 0.717) is 5.56 Å². The summed E-state index contributed by atoms with van der Waals surface area (Å²) in [6.45, 7) is 1.90. The molecular weight excluding hydrogens is 207 g/mol. The van der Waals surface area contributed by atoms with Crippen LogP contribution in [0.5, 0.6) is 0 Å². The molecule has 2 nitrogen and oxygen atoms in total. The second-order valence-electron chi connectivity index (χ2n) is 4.69. The Balaban J connectivity index is 2.39. The second-order valence-corrected chi connectivity index (χ2v) is 4.69. The maximum Gasteiger partial charge on any atom is 0.304 e. The average molecular weight is 222 g/mol. The Kier molecular flexibility index (Phi) is 2.70. The van der Waals surface area contributed by atoms with E-state index in [1.807, 2.05) is 6.92 Å². The predicted octanol–water partition coefficient (Wildman–Crippen LogP) is 3.03. The lowest BCUT2D eigenvalue weighted by atomic mass is 9.62. The van der Waals surface area contributed by atoms with Crippen LogP contribution in [0.4, 0.5) is 4.39 Å². The molecule has 0 aliphatic heterocycles. The molecule has 2 rings (SSSR count). The zero-order valence-electron chi connectivity index (χ0n) is 9.29. The third kappa shape index (κ3) is 1.82. The van der Waals surface area contributed by atoms with E-state index in [-0.39, 0.29) is 12.2 Å². The van der Waals surface area contributed by atoms with Gasteiger partial charge in [-0.05, 0) is 31.4 Å². The van der Waals surface area contributed by atoms with Crippen LogP contribution < -0.4 is 0 Å². The lowest BCUT2D eigenvalue weighted by Crippen LogP contribution is -2.37.